The number of rotatable bonds is 8. The van der Waals surface area contributed by atoms with Crippen LogP contribution in [0.2, 0.25) is 0 Å². The maximum atomic E-state index is 13.2. The maximum absolute atomic E-state index is 13.2. The number of carbonyl (C=O) groups excluding carboxylic acids is 1. The first kappa shape index (κ1) is 23.6. The molecule has 0 bridgehead atoms. The molecular weight excluding hydrogens is 441 g/mol. The van der Waals surface area contributed by atoms with E-state index in [4.69, 9.17) is 9.47 Å². The highest BCUT2D eigenvalue weighted by Gasteiger charge is 2.33. The number of benzene rings is 2. The van der Waals surface area contributed by atoms with Crippen molar-refractivity contribution in [3.8, 4) is 22.1 Å². The molecule has 3 aromatic rings. The standard InChI is InChI=1S/C23H23F3N2O3S/c1-4-28(5-2)22(29)18-14-32-21(27-18)15-10-11-19(20(12-15)30-3)31-13-16-8-6-7-9-17(16)23(24,25)26/h6-12,14H,4-5,13H2,1-3H3. The fraction of sp³-hybridized carbons (Fsp3) is 0.304. The van der Waals surface area contributed by atoms with Crippen LogP contribution in [0.3, 0.4) is 0 Å². The summed E-state index contributed by atoms with van der Waals surface area (Å²) in [5, 5.41) is 2.34. The largest absolute Gasteiger partial charge is 0.493 e. The van der Waals surface area contributed by atoms with Gasteiger partial charge in [0.15, 0.2) is 11.5 Å². The third kappa shape index (κ3) is 5.21. The summed E-state index contributed by atoms with van der Waals surface area (Å²) < 4.78 is 50.6. The van der Waals surface area contributed by atoms with Crippen LogP contribution in [-0.4, -0.2) is 36.0 Å². The molecular formula is C23H23F3N2O3S. The Hall–Kier alpha value is -3.07. The summed E-state index contributed by atoms with van der Waals surface area (Å²) in [6, 6.07) is 10.3. The van der Waals surface area contributed by atoms with Crippen molar-refractivity contribution in [1.82, 2.24) is 9.88 Å². The van der Waals surface area contributed by atoms with Crippen molar-refractivity contribution in [2.45, 2.75) is 26.6 Å². The lowest BCUT2D eigenvalue weighted by Crippen LogP contribution is -2.30. The van der Waals surface area contributed by atoms with E-state index in [2.05, 4.69) is 4.98 Å². The Morgan fingerprint density at radius 1 is 1.09 bits per heavy atom. The Kier molecular flexibility index (Phi) is 7.40. The molecule has 3 rings (SSSR count). The minimum Gasteiger partial charge on any atom is -0.493 e. The Morgan fingerprint density at radius 3 is 2.47 bits per heavy atom. The number of carbonyl (C=O) groups is 1. The van der Waals surface area contributed by atoms with Crippen molar-refractivity contribution in [3.05, 3.63) is 64.7 Å². The Morgan fingerprint density at radius 2 is 1.81 bits per heavy atom. The van der Waals surface area contributed by atoms with Crippen molar-refractivity contribution in [2.24, 2.45) is 0 Å². The van der Waals surface area contributed by atoms with E-state index < -0.39 is 11.7 Å². The van der Waals surface area contributed by atoms with Gasteiger partial charge in [0.2, 0.25) is 0 Å². The zero-order valence-electron chi connectivity index (χ0n) is 17.9. The Labute approximate surface area is 188 Å². The molecule has 0 unspecified atom stereocenters. The van der Waals surface area contributed by atoms with Gasteiger partial charge in [-0.1, -0.05) is 18.2 Å². The number of halogens is 3. The predicted molar refractivity (Wildman–Crippen MR) is 117 cm³/mol. The highest BCUT2D eigenvalue weighted by molar-refractivity contribution is 7.13. The second-order valence-electron chi connectivity index (χ2n) is 6.82. The van der Waals surface area contributed by atoms with Crippen LogP contribution in [0.25, 0.3) is 10.6 Å². The molecule has 0 saturated carbocycles. The fourth-order valence-corrected chi connectivity index (χ4v) is 3.97. The van der Waals surface area contributed by atoms with Crippen LogP contribution in [0.5, 0.6) is 11.5 Å². The minimum absolute atomic E-state index is 0.0330. The molecule has 0 N–H and O–H groups in total. The maximum Gasteiger partial charge on any atom is 0.416 e. The molecule has 0 aliphatic rings. The molecule has 1 amide bonds. The topological polar surface area (TPSA) is 51.7 Å². The molecule has 2 aromatic carbocycles. The lowest BCUT2D eigenvalue weighted by Gasteiger charge is -2.16. The number of hydrogen-bond donors (Lipinski definition) is 0. The van der Waals surface area contributed by atoms with Gasteiger partial charge in [0.05, 0.1) is 12.7 Å². The molecule has 0 atom stereocenters. The number of methoxy groups -OCH3 is 1. The van der Waals surface area contributed by atoms with Crippen LogP contribution < -0.4 is 9.47 Å². The summed E-state index contributed by atoms with van der Waals surface area (Å²) in [6.07, 6.45) is -4.46. The Balaban J connectivity index is 1.80. The van der Waals surface area contributed by atoms with Crippen molar-refractivity contribution >= 4 is 17.2 Å². The van der Waals surface area contributed by atoms with Gasteiger partial charge in [-0.05, 0) is 38.1 Å². The van der Waals surface area contributed by atoms with Crippen LogP contribution >= 0.6 is 11.3 Å². The molecule has 0 saturated heterocycles. The number of alkyl halides is 3. The van der Waals surface area contributed by atoms with Gasteiger partial charge in [-0.2, -0.15) is 13.2 Å². The first-order valence-electron chi connectivity index (χ1n) is 9.99. The van der Waals surface area contributed by atoms with Crippen LogP contribution in [-0.2, 0) is 12.8 Å². The van der Waals surface area contributed by atoms with E-state index in [1.807, 2.05) is 13.8 Å². The van der Waals surface area contributed by atoms with E-state index >= 15 is 0 Å². The van der Waals surface area contributed by atoms with E-state index in [9.17, 15) is 18.0 Å². The number of aromatic nitrogens is 1. The lowest BCUT2D eigenvalue weighted by atomic mass is 10.1. The fourth-order valence-electron chi connectivity index (χ4n) is 3.18. The van der Waals surface area contributed by atoms with Crippen LogP contribution in [0.15, 0.2) is 47.8 Å². The third-order valence-corrected chi connectivity index (χ3v) is 5.78. The molecule has 0 aliphatic heterocycles. The normalized spacial score (nSPS) is 11.3. The van der Waals surface area contributed by atoms with Crippen LogP contribution in [0.1, 0.15) is 35.5 Å². The molecule has 1 aromatic heterocycles. The minimum atomic E-state index is -4.46. The molecule has 0 aliphatic carbocycles. The van der Waals surface area contributed by atoms with Gasteiger partial charge in [0, 0.05) is 29.6 Å². The van der Waals surface area contributed by atoms with E-state index in [0.29, 0.717) is 40.9 Å². The van der Waals surface area contributed by atoms with Gasteiger partial charge >= 0.3 is 6.18 Å². The average Bonchev–Trinajstić information content (AvgIpc) is 3.28. The lowest BCUT2D eigenvalue weighted by molar-refractivity contribution is -0.138. The summed E-state index contributed by atoms with van der Waals surface area (Å²) >= 11 is 1.33. The molecule has 32 heavy (non-hydrogen) atoms. The molecule has 170 valence electrons. The van der Waals surface area contributed by atoms with Crippen molar-refractivity contribution < 1.29 is 27.4 Å². The molecule has 5 nitrogen and oxygen atoms in total. The summed E-state index contributed by atoms with van der Waals surface area (Å²) in [6.45, 7) is 4.75. The summed E-state index contributed by atoms with van der Waals surface area (Å²) in [5.41, 5.74) is 0.389. The summed E-state index contributed by atoms with van der Waals surface area (Å²) in [7, 11) is 1.45. The highest BCUT2D eigenvalue weighted by Crippen LogP contribution is 2.36. The smallest absolute Gasteiger partial charge is 0.416 e. The first-order valence-corrected chi connectivity index (χ1v) is 10.9. The number of nitrogens with zero attached hydrogens (tertiary/aromatic N) is 2. The second-order valence-corrected chi connectivity index (χ2v) is 7.68. The van der Waals surface area contributed by atoms with Gasteiger partial charge in [-0.15, -0.1) is 11.3 Å². The number of amides is 1. The number of ether oxygens (including phenoxy) is 2. The third-order valence-electron chi connectivity index (χ3n) is 4.89. The van der Waals surface area contributed by atoms with E-state index in [1.165, 1.54) is 36.6 Å². The van der Waals surface area contributed by atoms with Crippen LogP contribution in [0, 0.1) is 0 Å². The van der Waals surface area contributed by atoms with E-state index in [-0.39, 0.29) is 18.1 Å². The van der Waals surface area contributed by atoms with Crippen LogP contribution in [0.4, 0.5) is 13.2 Å². The van der Waals surface area contributed by atoms with Crippen molar-refractivity contribution in [3.63, 3.8) is 0 Å². The molecule has 0 radical (unpaired) electrons. The quantitative estimate of drug-likeness (QED) is 0.417. The molecule has 0 fully saturated rings. The van der Waals surface area contributed by atoms with Crippen molar-refractivity contribution in [1.29, 1.82) is 0 Å². The Bertz CT molecular complexity index is 1080. The van der Waals surface area contributed by atoms with Gasteiger partial charge in [0.1, 0.15) is 17.3 Å². The number of hydrogen-bond acceptors (Lipinski definition) is 5. The summed E-state index contributed by atoms with van der Waals surface area (Å²) in [5.74, 6) is 0.538. The second kappa shape index (κ2) is 10.0. The molecule has 0 spiro atoms. The van der Waals surface area contributed by atoms with Gasteiger partial charge in [-0.3, -0.25) is 4.79 Å². The summed E-state index contributed by atoms with van der Waals surface area (Å²) in [4.78, 5) is 18.6. The highest BCUT2D eigenvalue weighted by atomic mass is 32.1. The van der Waals surface area contributed by atoms with Gasteiger partial charge in [0.25, 0.3) is 5.91 Å². The van der Waals surface area contributed by atoms with E-state index in [1.54, 1.807) is 28.5 Å². The van der Waals surface area contributed by atoms with Gasteiger partial charge < -0.3 is 14.4 Å². The molecule has 1 heterocycles. The zero-order valence-corrected chi connectivity index (χ0v) is 18.7. The van der Waals surface area contributed by atoms with Gasteiger partial charge in [-0.25, -0.2) is 4.98 Å². The van der Waals surface area contributed by atoms with E-state index in [0.717, 1.165) is 6.07 Å². The number of thiazole rings is 1. The SMILES string of the molecule is CCN(CC)C(=O)c1csc(-c2ccc(OCc3ccccc3C(F)(F)F)c(OC)c2)n1. The predicted octanol–water partition coefficient (Wildman–Crippen LogP) is 5.90. The zero-order chi connectivity index (χ0) is 23.3. The average molecular weight is 465 g/mol. The first-order chi connectivity index (χ1) is 15.3. The monoisotopic (exact) mass is 464 g/mol. The molecule has 9 heteroatoms. The van der Waals surface area contributed by atoms with Crippen molar-refractivity contribution in [2.75, 3.05) is 20.2 Å².